The summed E-state index contributed by atoms with van der Waals surface area (Å²) in [6, 6.07) is 22.3. The zero-order valence-electron chi connectivity index (χ0n) is 19.9. The van der Waals surface area contributed by atoms with Gasteiger partial charge in [0.05, 0.1) is 17.4 Å². The van der Waals surface area contributed by atoms with Gasteiger partial charge in [-0.15, -0.1) is 0 Å². The maximum Gasteiger partial charge on any atom is 0.145 e. The molecule has 3 heterocycles. The van der Waals surface area contributed by atoms with Crippen LogP contribution in [0.25, 0.3) is 49.5 Å². The van der Waals surface area contributed by atoms with Crippen molar-refractivity contribution in [3.8, 4) is 11.3 Å². The minimum absolute atomic E-state index is 0.426. The van der Waals surface area contributed by atoms with Crippen molar-refractivity contribution in [1.29, 1.82) is 0 Å². The van der Waals surface area contributed by atoms with Crippen molar-refractivity contribution in [3.05, 3.63) is 84.2 Å². The Hall–Kier alpha value is -3.59. The van der Waals surface area contributed by atoms with Gasteiger partial charge in [-0.25, -0.2) is 4.98 Å². The topological polar surface area (TPSA) is 22.2 Å². The monoisotopic (exact) mass is 431 g/mol. The molecule has 0 aliphatic heterocycles. The molecule has 0 amide bonds. The molecule has 3 aromatic carbocycles. The molecule has 0 unspecified atom stereocenters. The number of pyridine rings is 1. The molecule has 3 heteroatoms. The molecule has 0 fully saturated rings. The maximum absolute atomic E-state index is 5.02. The lowest BCUT2D eigenvalue weighted by Gasteiger charge is -2.20. The Morgan fingerprint density at radius 3 is 2.12 bits per heavy atom. The van der Waals surface area contributed by atoms with E-state index in [1.54, 1.807) is 0 Å². The summed E-state index contributed by atoms with van der Waals surface area (Å²) in [5, 5.41) is 4.98. The Balaban J connectivity index is 1.86. The second kappa shape index (κ2) is 7.21. The third-order valence-corrected chi connectivity index (χ3v) is 7.09. The molecule has 0 aliphatic carbocycles. The van der Waals surface area contributed by atoms with Crippen molar-refractivity contribution in [2.75, 3.05) is 0 Å². The van der Waals surface area contributed by atoms with Gasteiger partial charge in [-0.2, -0.15) is 0 Å². The van der Waals surface area contributed by atoms with Gasteiger partial charge in [-0.3, -0.25) is 4.40 Å². The van der Waals surface area contributed by atoms with Crippen LogP contribution in [-0.2, 0) is 7.05 Å². The van der Waals surface area contributed by atoms with Crippen LogP contribution in [0.15, 0.2) is 73.1 Å². The quantitative estimate of drug-likeness (QED) is 0.260. The SMILES string of the molecule is CC(C)c1cccc(C(C)C)c1-c1cnc2c3ccccc3c3cc4ccn(C)c4cc3n12. The van der Waals surface area contributed by atoms with E-state index in [1.165, 1.54) is 55.0 Å². The van der Waals surface area contributed by atoms with E-state index in [9.17, 15) is 0 Å². The third-order valence-electron chi connectivity index (χ3n) is 7.09. The standard InChI is InChI=1S/C30H29N3/c1-18(2)21-11-8-12-22(19(3)4)29(21)28-17-31-30-24-10-7-6-9-23(24)25-15-20-13-14-32(5)26(20)16-27(25)33(28)30/h6-19H,1-5H3. The van der Waals surface area contributed by atoms with Gasteiger partial charge >= 0.3 is 0 Å². The molecule has 0 saturated carbocycles. The van der Waals surface area contributed by atoms with E-state index in [4.69, 9.17) is 4.98 Å². The molecule has 6 aromatic rings. The highest BCUT2D eigenvalue weighted by molar-refractivity contribution is 6.15. The first-order valence-corrected chi connectivity index (χ1v) is 11.9. The molecule has 0 spiro atoms. The summed E-state index contributed by atoms with van der Waals surface area (Å²) in [6.45, 7) is 9.14. The van der Waals surface area contributed by atoms with E-state index >= 15 is 0 Å². The molecular weight excluding hydrogens is 402 g/mol. The van der Waals surface area contributed by atoms with Crippen LogP contribution in [-0.4, -0.2) is 14.0 Å². The number of hydrogen-bond donors (Lipinski definition) is 0. The molecule has 0 aliphatic rings. The molecule has 6 rings (SSSR count). The van der Waals surface area contributed by atoms with Crippen LogP contribution in [0.2, 0.25) is 0 Å². The van der Waals surface area contributed by atoms with Crippen molar-refractivity contribution in [3.63, 3.8) is 0 Å². The summed E-state index contributed by atoms with van der Waals surface area (Å²) in [5.74, 6) is 0.853. The summed E-state index contributed by atoms with van der Waals surface area (Å²) in [4.78, 5) is 5.02. The molecule has 0 bridgehead atoms. The first-order chi connectivity index (χ1) is 16.0. The largest absolute Gasteiger partial charge is 0.350 e. The molecule has 0 saturated heterocycles. The number of hydrogen-bond acceptors (Lipinski definition) is 1. The number of aromatic nitrogens is 3. The van der Waals surface area contributed by atoms with Crippen LogP contribution in [0.3, 0.4) is 0 Å². The van der Waals surface area contributed by atoms with Crippen molar-refractivity contribution in [1.82, 2.24) is 14.0 Å². The van der Waals surface area contributed by atoms with Crippen molar-refractivity contribution in [2.45, 2.75) is 39.5 Å². The zero-order valence-corrected chi connectivity index (χ0v) is 19.9. The number of rotatable bonds is 3. The highest BCUT2D eigenvalue weighted by Gasteiger charge is 2.21. The van der Waals surface area contributed by atoms with Crippen LogP contribution in [0.5, 0.6) is 0 Å². The smallest absolute Gasteiger partial charge is 0.145 e. The number of aryl methyl sites for hydroxylation is 1. The number of nitrogens with zero attached hydrogens (tertiary/aromatic N) is 3. The molecule has 3 nitrogen and oxygen atoms in total. The summed E-state index contributed by atoms with van der Waals surface area (Å²) >= 11 is 0. The Bertz CT molecular complexity index is 1650. The molecule has 0 radical (unpaired) electrons. The van der Waals surface area contributed by atoms with E-state index in [1.807, 2.05) is 0 Å². The van der Waals surface area contributed by atoms with Crippen LogP contribution in [0.1, 0.15) is 50.7 Å². The van der Waals surface area contributed by atoms with E-state index < -0.39 is 0 Å². The number of benzene rings is 3. The van der Waals surface area contributed by atoms with E-state index in [0.717, 1.165) is 5.65 Å². The predicted molar refractivity (Wildman–Crippen MR) is 140 cm³/mol. The molecule has 164 valence electrons. The van der Waals surface area contributed by atoms with Crippen molar-refractivity contribution >= 4 is 38.2 Å². The molecule has 33 heavy (non-hydrogen) atoms. The van der Waals surface area contributed by atoms with Gasteiger partial charge in [0, 0.05) is 40.5 Å². The third kappa shape index (κ3) is 2.85. The van der Waals surface area contributed by atoms with E-state index in [0.29, 0.717) is 11.8 Å². The number of fused-ring (bicyclic) bond motifs is 7. The Morgan fingerprint density at radius 1 is 0.727 bits per heavy atom. The van der Waals surface area contributed by atoms with Gasteiger partial charge in [-0.1, -0.05) is 70.2 Å². The lowest BCUT2D eigenvalue weighted by atomic mass is 9.87. The Kier molecular flexibility index (Phi) is 4.38. The highest BCUT2D eigenvalue weighted by atomic mass is 15.0. The first-order valence-electron chi connectivity index (χ1n) is 11.9. The molecule has 3 aromatic heterocycles. The number of imidazole rings is 1. The highest BCUT2D eigenvalue weighted by Crippen LogP contribution is 2.40. The van der Waals surface area contributed by atoms with Crippen LogP contribution in [0, 0.1) is 0 Å². The minimum atomic E-state index is 0.426. The van der Waals surface area contributed by atoms with Gasteiger partial charge in [0.2, 0.25) is 0 Å². The minimum Gasteiger partial charge on any atom is -0.350 e. The lowest BCUT2D eigenvalue weighted by molar-refractivity contribution is 0.836. The average molecular weight is 432 g/mol. The van der Waals surface area contributed by atoms with Gasteiger partial charge in [0.25, 0.3) is 0 Å². The van der Waals surface area contributed by atoms with Gasteiger partial charge in [0.1, 0.15) is 5.65 Å². The van der Waals surface area contributed by atoms with Crippen LogP contribution in [0.4, 0.5) is 0 Å². The second-order valence-electron chi connectivity index (χ2n) is 9.82. The average Bonchev–Trinajstić information content (AvgIpc) is 3.41. The van der Waals surface area contributed by atoms with E-state index in [-0.39, 0.29) is 0 Å². The van der Waals surface area contributed by atoms with Gasteiger partial charge < -0.3 is 4.57 Å². The fourth-order valence-electron chi connectivity index (χ4n) is 5.43. The maximum atomic E-state index is 5.02. The fraction of sp³-hybridized carbons (Fsp3) is 0.233. The summed E-state index contributed by atoms with van der Waals surface area (Å²) in [5.41, 5.74) is 8.74. The molecular formula is C30H29N3. The summed E-state index contributed by atoms with van der Waals surface area (Å²) in [7, 11) is 2.12. The first kappa shape index (κ1) is 20.0. The Morgan fingerprint density at radius 2 is 1.42 bits per heavy atom. The van der Waals surface area contributed by atoms with E-state index in [2.05, 4.69) is 117 Å². The van der Waals surface area contributed by atoms with Crippen LogP contribution < -0.4 is 0 Å². The fourth-order valence-corrected chi connectivity index (χ4v) is 5.43. The summed E-state index contributed by atoms with van der Waals surface area (Å²) in [6.07, 6.45) is 4.23. The zero-order chi connectivity index (χ0) is 22.9. The van der Waals surface area contributed by atoms with Crippen molar-refractivity contribution < 1.29 is 0 Å². The van der Waals surface area contributed by atoms with Crippen LogP contribution >= 0.6 is 0 Å². The summed E-state index contributed by atoms with van der Waals surface area (Å²) < 4.78 is 4.60. The Labute approximate surface area is 194 Å². The molecule has 0 atom stereocenters. The van der Waals surface area contributed by atoms with Gasteiger partial charge in [0.15, 0.2) is 0 Å². The predicted octanol–water partition coefficient (Wildman–Crippen LogP) is 8.05. The normalized spacial score (nSPS) is 12.3. The van der Waals surface area contributed by atoms with Crippen molar-refractivity contribution in [2.24, 2.45) is 7.05 Å². The lowest BCUT2D eigenvalue weighted by Crippen LogP contribution is -2.02. The second-order valence-corrected chi connectivity index (χ2v) is 9.82. The van der Waals surface area contributed by atoms with Gasteiger partial charge in [-0.05, 0) is 46.5 Å². The molecule has 0 N–H and O–H groups in total.